The Hall–Kier alpha value is -6.18. The van der Waals surface area contributed by atoms with Gasteiger partial charge in [0.05, 0.1) is 49.2 Å². The topological polar surface area (TPSA) is 175 Å². The van der Waals surface area contributed by atoms with Gasteiger partial charge in [-0.25, -0.2) is 19.6 Å². The number of imidazole rings is 2. The molecule has 4 fully saturated rings. The normalized spacial score (nSPS) is 24.9. The molecular formula is C50H58N8O6. The molecule has 4 heterocycles. The maximum Gasteiger partial charge on any atom is 0.407 e. The van der Waals surface area contributed by atoms with E-state index in [1.165, 1.54) is 54.9 Å². The summed E-state index contributed by atoms with van der Waals surface area (Å²) in [7, 11) is 2.61. The number of aromatic nitrogens is 4. The molecule has 2 saturated heterocycles. The lowest BCUT2D eigenvalue weighted by atomic mass is 9.73. The minimum atomic E-state index is -0.678. The third-order valence-corrected chi connectivity index (χ3v) is 15.1. The molecule has 2 aliphatic heterocycles. The van der Waals surface area contributed by atoms with Crippen LogP contribution in [0.2, 0.25) is 0 Å². The van der Waals surface area contributed by atoms with E-state index in [4.69, 9.17) is 14.7 Å². The Morgan fingerprint density at radius 2 is 1.58 bits per heavy atom. The highest BCUT2D eigenvalue weighted by molar-refractivity contribution is 5.88. The quantitative estimate of drug-likeness (QED) is 0.108. The number of likely N-dealkylation sites (tertiary alicyclic amines) is 2. The molecule has 14 heteroatoms. The molecule has 64 heavy (non-hydrogen) atoms. The molecule has 10 rings (SSSR count). The van der Waals surface area contributed by atoms with E-state index in [2.05, 4.69) is 86.9 Å². The van der Waals surface area contributed by atoms with Crippen LogP contribution in [0.1, 0.15) is 106 Å². The first kappa shape index (κ1) is 41.8. The fraction of sp³-hybridized carbons (Fsp3) is 0.480. The molecule has 2 aromatic heterocycles. The number of methoxy groups -OCH3 is 2. The number of fused-ring (bicyclic) bond motifs is 6. The number of nitrogens with one attached hydrogen (secondary N) is 4. The van der Waals surface area contributed by atoms with Gasteiger partial charge in [0, 0.05) is 12.6 Å². The van der Waals surface area contributed by atoms with E-state index in [-0.39, 0.29) is 48.3 Å². The second kappa shape index (κ2) is 16.7. The molecule has 4 amide bonds. The largest absolute Gasteiger partial charge is 0.453 e. The van der Waals surface area contributed by atoms with Gasteiger partial charge in [-0.05, 0) is 132 Å². The lowest BCUT2D eigenvalue weighted by molar-refractivity contribution is -0.139. The van der Waals surface area contributed by atoms with Crippen molar-refractivity contribution in [2.75, 3.05) is 27.3 Å². The van der Waals surface area contributed by atoms with Crippen molar-refractivity contribution in [1.82, 2.24) is 40.4 Å². The SMILES string of the molecule is COC(=O)NCC(=O)N1CCC[C@@H](C)[C@H]1c1nc2ccc(-c3ccc(-c4ccc(-c5cnc(C6C7CCC(C7)N6C(=O)C(NC(=O)OC)C(C)C)[nH]5)cc4)c4c3CC3CCC43)cc2[nH]1. The van der Waals surface area contributed by atoms with Gasteiger partial charge in [0.15, 0.2) is 0 Å². The van der Waals surface area contributed by atoms with E-state index >= 15 is 0 Å². The highest BCUT2D eigenvalue weighted by Crippen LogP contribution is 2.56. The first-order valence-electron chi connectivity index (χ1n) is 23.1. The van der Waals surface area contributed by atoms with Gasteiger partial charge in [-0.15, -0.1) is 0 Å². The molecule has 5 aromatic rings. The van der Waals surface area contributed by atoms with Gasteiger partial charge in [-0.2, -0.15) is 0 Å². The number of alkyl carbamates (subject to hydrolysis) is 2. The summed E-state index contributed by atoms with van der Waals surface area (Å²) in [5, 5.41) is 5.32. The van der Waals surface area contributed by atoms with Gasteiger partial charge < -0.3 is 39.9 Å². The van der Waals surface area contributed by atoms with Crippen LogP contribution in [-0.2, 0) is 25.5 Å². The van der Waals surface area contributed by atoms with Crippen molar-refractivity contribution < 1.29 is 28.7 Å². The Kier molecular flexibility index (Phi) is 10.9. The predicted molar refractivity (Wildman–Crippen MR) is 242 cm³/mol. The fourth-order valence-electron chi connectivity index (χ4n) is 11.8. The van der Waals surface area contributed by atoms with Gasteiger partial charge in [-0.3, -0.25) is 9.59 Å². The van der Waals surface area contributed by atoms with Crippen LogP contribution >= 0.6 is 0 Å². The third-order valence-electron chi connectivity index (χ3n) is 15.1. The van der Waals surface area contributed by atoms with E-state index in [0.717, 1.165) is 78.0 Å². The molecule has 4 N–H and O–H groups in total. The summed E-state index contributed by atoms with van der Waals surface area (Å²) >= 11 is 0. The molecule has 6 unspecified atom stereocenters. The number of piperidine rings is 2. The Morgan fingerprint density at radius 3 is 2.33 bits per heavy atom. The molecule has 0 spiro atoms. The summed E-state index contributed by atoms with van der Waals surface area (Å²) < 4.78 is 9.54. The van der Waals surface area contributed by atoms with Gasteiger partial charge in [0.25, 0.3) is 0 Å². The van der Waals surface area contributed by atoms with Crippen molar-refractivity contribution in [3.8, 4) is 33.5 Å². The van der Waals surface area contributed by atoms with Gasteiger partial charge >= 0.3 is 12.2 Å². The molecule has 3 aliphatic carbocycles. The minimum absolute atomic E-state index is 0.0813. The fourth-order valence-corrected chi connectivity index (χ4v) is 11.8. The number of carbonyl (C=O) groups excluding carboxylic acids is 4. The number of hydrogen-bond donors (Lipinski definition) is 4. The van der Waals surface area contributed by atoms with Crippen LogP contribution in [0.25, 0.3) is 44.5 Å². The summed E-state index contributed by atoms with van der Waals surface area (Å²) in [5.74, 6) is 2.96. The number of amides is 4. The summed E-state index contributed by atoms with van der Waals surface area (Å²) in [6.07, 6.45) is 9.00. The number of hydrogen-bond acceptors (Lipinski definition) is 8. The minimum Gasteiger partial charge on any atom is -0.453 e. The second-order valence-corrected chi connectivity index (χ2v) is 19.1. The number of carbonyl (C=O) groups is 4. The predicted octanol–water partition coefficient (Wildman–Crippen LogP) is 8.42. The Balaban J connectivity index is 0.901. The average Bonchev–Trinajstić information content (AvgIpc) is 4.15. The van der Waals surface area contributed by atoms with Crippen LogP contribution < -0.4 is 10.6 Å². The highest BCUT2D eigenvalue weighted by Gasteiger charge is 2.51. The van der Waals surface area contributed by atoms with Crippen molar-refractivity contribution in [3.05, 3.63) is 83.6 Å². The monoisotopic (exact) mass is 866 g/mol. The first-order chi connectivity index (χ1) is 31.0. The van der Waals surface area contributed by atoms with Crippen molar-refractivity contribution in [1.29, 1.82) is 0 Å². The van der Waals surface area contributed by atoms with Crippen molar-refractivity contribution >= 4 is 35.0 Å². The number of aromatic amines is 2. The Labute approximate surface area is 373 Å². The van der Waals surface area contributed by atoms with Crippen LogP contribution in [0, 0.1) is 23.7 Å². The van der Waals surface area contributed by atoms with Crippen molar-refractivity contribution in [3.63, 3.8) is 0 Å². The smallest absolute Gasteiger partial charge is 0.407 e. The Morgan fingerprint density at radius 1 is 0.828 bits per heavy atom. The molecule has 2 bridgehead atoms. The summed E-state index contributed by atoms with van der Waals surface area (Å²) in [6, 6.07) is 18.9. The summed E-state index contributed by atoms with van der Waals surface area (Å²) in [6.45, 7) is 6.53. The molecule has 2 saturated carbocycles. The van der Waals surface area contributed by atoms with E-state index in [1.54, 1.807) is 0 Å². The second-order valence-electron chi connectivity index (χ2n) is 19.1. The van der Waals surface area contributed by atoms with E-state index < -0.39 is 18.2 Å². The molecule has 5 aliphatic rings. The zero-order valence-electron chi connectivity index (χ0n) is 37.3. The number of ether oxygens (including phenoxy) is 2. The first-order valence-corrected chi connectivity index (χ1v) is 23.1. The number of nitrogens with zero attached hydrogens (tertiary/aromatic N) is 4. The number of benzene rings is 3. The summed E-state index contributed by atoms with van der Waals surface area (Å²) in [4.78, 5) is 72.2. The van der Waals surface area contributed by atoms with Crippen molar-refractivity contribution in [2.24, 2.45) is 23.7 Å². The van der Waals surface area contributed by atoms with E-state index in [0.29, 0.717) is 24.3 Å². The van der Waals surface area contributed by atoms with Crippen molar-refractivity contribution in [2.45, 2.75) is 102 Å². The van der Waals surface area contributed by atoms with Crippen LogP contribution in [0.4, 0.5) is 9.59 Å². The number of H-pyrrole nitrogens is 2. The van der Waals surface area contributed by atoms with Crippen LogP contribution in [0.15, 0.2) is 60.8 Å². The van der Waals surface area contributed by atoms with E-state index in [9.17, 15) is 19.2 Å². The molecule has 8 atom stereocenters. The van der Waals surface area contributed by atoms with Crippen LogP contribution in [0.3, 0.4) is 0 Å². The van der Waals surface area contributed by atoms with Crippen LogP contribution in [-0.4, -0.2) is 93.1 Å². The summed E-state index contributed by atoms with van der Waals surface area (Å²) in [5.41, 5.74) is 11.6. The lowest BCUT2D eigenvalue weighted by Crippen LogP contribution is -2.54. The standard InChI is InChI=1S/C50H58N8O6/c1-26(2)43(56-50(62)64-5)48(60)58-33-15-12-32(21-33)45(58)46-51-24-40(55-46)29-10-8-28(9-11-29)35-18-17-34(37-22-30-13-16-36(30)42(35)37)31-14-19-38-39(23-31)54-47(53-38)44-27(3)7-6-20-57(44)41(59)25-52-49(61)63-4/h8-11,14,17-19,23-24,26-27,30,32-33,36,43-45H,6-7,12-13,15-16,20-22,25H2,1-5H3,(H,51,55)(H,52,61)(H,53,54)(H,56,62)/t27-,30?,32?,33?,36?,43?,44+,45?/m1/s1. The third kappa shape index (κ3) is 7.28. The van der Waals surface area contributed by atoms with Gasteiger partial charge in [0.2, 0.25) is 11.8 Å². The molecule has 14 nitrogen and oxygen atoms in total. The maximum absolute atomic E-state index is 14.1. The molecular weight excluding hydrogens is 809 g/mol. The van der Waals surface area contributed by atoms with E-state index in [1.807, 2.05) is 29.8 Å². The molecule has 334 valence electrons. The van der Waals surface area contributed by atoms with Gasteiger partial charge in [-0.1, -0.05) is 63.2 Å². The number of rotatable bonds is 10. The van der Waals surface area contributed by atoms with Gasteiger partial charge in [0.1, 0.15) is 24.2 Å². The Bertz CT molecular complexity index is 2620. The maximum atomic E-state index is 14.1. The molecule has 3 aromatic carbocycles. The zero-order valence-corrected chi connectivity index (χ0v) is 37.3. The molecule has 0 radical (unpaired) electrons. The highest BCUT2D eigenvalue weighted by atomic mass is 16.5. The zero-order chi connectivity index (χ0) is 44.4. The van der Waals surface area contributed by atoms with Crippen LogP contribution in [0.5, 0.6) is 0 Å². The lowest BCUT2D eigenvalue weighted by Gasteiger charge is -2.39. The average molecular weight is 867 g/mol.